The predicted octanol–water partition coefficient (Wildman–Crippen LogP) is 3.42. The van der Waals surface area contributed by atoms with E-state index < -0.39 is 0 Å². The van der Waals surface area contributed by atoms with E-state index in [2.05, 4.69) is 36.5 Å². The molecule has 2 aromatic carbocycles. The lowest BCUT2D eigenvalue weighted by Crippen LogP contribution is -2.23. The number of benzene rings is 2. The van der Waals surface area contributed by atoms with Crippen LogP contribution in [0, 0.1) is 6.92 Å². The van der Waals surface area contributed by atoms with E-state index in [1.807, 2.05) is 36.5 Å². The molecular weight excluding hydrogens is 260 g/mol. The maximum atomic E-state index is 12.4. The van der Waals surface area contributed by atoms with Gasteiger partial charge >= 0.3 is 0 Å². The van der Waals surface area contributed by atoms with E-state index in [0.29, 0.717) is 6.54 Å². The van der Waals surface area contributed by atoms with E-state index in [4.69, 9.17) is 0 Å². The molecule has 1 aromatic heterocycles. The topological polar surface area (TPSA) is 34.0 Å². The van der Waals surface area contributed by atoms with Crippen LogP contribution in [0.1, 0.15) is 5.56 Å². The SMILES string of the molecule is Cc1ccc(NCCn2ccc3ccccc3c2=O)cc1. The van der Waals surface area contributed by atoms with Crippen molar-refractivity contribution in [1.82, 2.24) is 4.57 Å². The molecule has 3 heteroatoms. The normalized spacial score (nSPS) is 10.7. The van der Waals surface area contributed by atoms with Crippen molar-refractivity contribution in [2.24, 2.45) is 0 Å². The molecule has 21 heavy (non-hydrogen) atoms. The minimum atomic E-state index is 0.0683. The summed E-state index contributed by atoms with van der Waals surface area (Å²) in [4.78, 5) is 12.4. The fourth-order valence-corrected chi connectivity index (χ4v) is 2.40. The van der Waals surface area contributed by atoms with Crippen LogP contribution < -0.4 is 10.9 Å². The van der Waals surface area contributed by atoms with Crippen molar-refractivity contribution in [3.8, 4) is 0 Å². The molecular formula is C18H18N2O. The van der Waals surface area contributed by atoms with Crippen LogP contribution in [0.3, 0.4) is 0 Å². The highest BCUT2D eigenvalue weighted by molar-refractivity contribution is 5.81. The average Bonchev–Trinajstić information content (AvgIpc) is 2.52. The van der Waals surface area contributed by atoms with Gasteiger partial charge in [0.05, 0.1) is 0 Å². The first-order chi connectivity index (χ1) is 10.2. The highest BCUT2D eigenvalue weighted by Crippen LogP contribution is 2.09. The van der Waals surface area contributed by atoms with Gasteiger partial charge in [-0.05, 0) is 36.6 Å². The molecule has 0 unspecified atom stereocenters. The summed E-state index contributed by atoms with van der Waals surface area (Å²) in [5.74, 6) is 0. The predicted molar refractivity (Wildman–Crippen MR) is 87.9 cm³/mol. The van der Waals surface area contributed by atoms with Gasteiger partial charge in [0, 0.05) is 30.4 Å². The number of hydrogen-bond donors (Lipinski definition) is 1. The zero-order valence-electron chi connectivity index (χ0n) is 12.0. The van der Waals surface area contributed by atoms with Gasteiger partial charge in [0.25, 0.3) is 5.56 Å². The van der Waals surface area contributed by atoms with Crippen LogP contribution in [-0.4, -0.2) is 11.1 Å². The molecule has 0 fully saturated rings. The Morgan fingerprint density at radius 1 is 1.00 bits per heavy atom. The average molecular weight is 278 g/mol. The first-order valence-electron chi connectivity index (χ1n) is 7.13. The third-order valence-electron chi connectivity index (χ3n) is 3.62. The lowest BCUT2D eigenvalue weighted by molar-refractivity contribution is 0.704. The fourth-order valence-electron chi connectivity index (χ4n) is 2.40. The molecule has 0 aliphatic heterocycles. The number of nitrogens with zero attached hydrogens (tertiary/aromatic N) is 1. The zero-order valence-corrected chi connectivity index (χ0v) is 12.0. The highest BCUT2D eigenvalue weighted by Gasteiger charge is 2.01. The molecule has 106 valence electrons. The van der Waals surface area contributed by atoms with Crippen LogP contribution >= 0.6 is 0 Å². The Morgan fingerprint density at radius 3 is 2.57 bits per heavy atom. The van der Waals surface area contributed by atoms with E-state index >= 15 is 0 Å². The van der Waals surface area contributed by atoms with Gasteiger partial charge in [0.1, 0.15) is 0 Å². The molecule has 0 bridgehead atoms. The smallest absolute Gasteiger partial charge is 0.258 e. The third kappa shape index (κ3) is 2.97. The van der Waals surface area contributed by atoms with Gasteiger partial charge in [-0.25, -0.2) is 0 Å². The summed E-state index contributed by atoms with van der Waals surface area (Å²) >= 11 is 0. The number of aromatic nitrogens is 1. The molecule has 0 aliphatic rings. The number of hydrogen-bond acceptors (Lipinski definition) is 2. The molecule has 3 rings (SSSR count). The molecule has 1 N–H and O–H groups in total. The number of rotatable bonds is 4. The van der Waals surface area contributed by atoms with E-state index in [1.54, 1.807) is 4.57 Å². The zero-order chi connectivity index (χ0) is 14.7. The maximum absolute atomic E-state index is 12.4. The standard InChI is InChI=1S/C18H18N2O/c1-14-6-8-16(9-7-14)19-11-13-20-12-10-15-4-2-3-5-17(15)18(20)21/h2-10,12,19H,11,13H2,1H3. The summed E-state index contributed by atoms with van der Waals surface area (Å²) < 4.78 is 1.75. The summed E-state index contributed by atoms with van der Waals surface area (Å²) in [6.07, 6.45) is 1.86. The van der Waals surface area contributed by atoms with Crippen LogP contribution in [0.5, 0.6) is 0 Å². The molecule has 0 atom stereocenters. The molecule has 0 aliphatic carbocycles. The number of nitrogens with one attached hydrogen (secondary N) is 1. The summed E-state index contributed by atoms with van der Waals surface area (Å²) in [5, 5.41) is 5.10. The summed E-state index contributed by atoms with van der Waals surface area (Å²) in [6, 6.07) is 17.9. The molecule has 3 nitrogen and oxygen atoms in total. The Labute approximate surface area is 123 Å². The van der Waals surface area contributed by atoms with Crippen LogP contribution in [0.4, 0.5) is 5.69 Å². The molecule has 0 saturated carbocycles. The first kappa shape index (κ1) is 13.4. The van der Waals surface area contributed by atoms with Crippen molar-refractivity contribution in [3.63, 3.8) is 0 Å². The van der Waals surface area contributed by atoms with Crippen molar-refractivity contribution < 1.29 is 0 Å². The highest BCUT2D eigenvalue weighted by atomic mass is 16.1. The minimum Gasteiger partial charge on any atom is -0.383 e. The van der Waals surface area contributed by atoms with E-state index in [1.165, 1.54) is 5.56 Å². The van der Waals surface area contributed by atoms with Crippen molar-refractivity contribution >= 4 is 16.5 Å². The van der Waals surface area contributed by atoms with Gasteiger partial charge in [-0.2, -0.15) is 0 Å². The Bertz CT molecular complexity index is 803. The second kappa shape index (κ2) is 5.83. The van der Waals surface area contributed by atoms with Crippen LogP contribution in [0.15, 0.2) is 65.6 Å². The van der Waals surface area contributed by atoms with Gasteiger partial charge in [-0.15, -0.1) is 0 Å². The van der Waals surface area contributed by atoms with Gasteiger partial charge in [-0.3, -0.25) is 4.79 Å². The fraction of sp³-hybridized carbons (Fsp3) is 0.167. The molecule has 0 amide bonds. The van der Waals surface area contributed by atoms with Crippen LogP contribution in [-0.2, 0) is 6.54 Å². The minimum absolute atomic E-state index is 0.0683. The van der Waals surface area contributed by atoms with E-state index in [0.717, 1.165) is 23.0 Å². The van der Waals surface area contributed by atoms with Crippen molar-refractivity contribution in [3.05, 3.63) is 76.7 Å². The van der Waals surface area contributed by atoms with Gasteiger partial charge in [-0.1, -0.05) is 35.9 Å². The maximum Gasteiger partial charge on any atom is 0.258 e. The monoisotopic (exact) mass is 278 g/mol. The lowest BCUT2D eigenvalue weighted by atomic mass is 10.2. The van der Waals surface area contributed by atoms with Crippen molar-refractivity contribution in [2.45, 2.75) is 13.5 Å². The molecule has 0 radical (unpaired) electrons. The number of anilines is 1. The van der Waals surface area contributed by atoms with E-state index in [-0.39, 0.29) is 5.56 Å². The van der Waals surface area contributed by atoms with Crippen molar-refractivity contribution in [1.29, 1.82) is 0 Å². The Kier molecular flexibility index (Phi) is 3.73. The Hall–Kier alpha value is -2.55. The molecule has 3 aromatic rings. The second-order valence-corrected chi connectivity index (χ2v) is 5.19. The van der Waals surface area contributed by atoms with Crippen LogP contribution in [0.2, 0.25) is 0 Å². The number of fused-ring (bicyclic) bond motifs is 1. The molecule has 0 saturated heterocycles. The van der Waals surface area contributed by atoms with E-state index in [9.17, 15) is 4.79 Å². The van der Waals surface area contributed by atoms with Crippen LogP contribution in [0.25, 0.3) is 10.8 Å². The lowest BCUT2D eigenvalue weighted by Gasteiger charge is -2.09. The second-order valence-electron chi connectivity index (χ2n) is 5.19. The quantitative estimate of drug-likeness (QED) is 0.793. The Balaban J connectivity index is 1.72. The van der Waals surface area contributed by atoms with Crippen molar-refractivity contribution in [2.75, 3.05) is 11.9 Å². The number of aryl methyl sites for hydroxylation is 1. The largest absolute Gasteiger partial charge is 0.383 e. The Morgan fingerprint density at radius 2 is 1.76 bits per heavy atom. The van der Waals surface area contributed by atoms with Gasteiger partial charge < -0.3 is 9.88 Å². The van der Waals surface area contributed by atoms with Gasteiger partial charge in [0.15, 0.2) is 0 Å². The third-order valence-corrected chi connectivity index (χ3v) is 3.62. The number of pyridine rings is 1. The first-order valence-corrected chi connectivity index (χ1v) is 7.13. The molecule has 1 heterocycles. The summed E-state index contributed by atoms with van der Waals surface area (Å²) in [6.45, 7) is 3.44. The van der Waals surface area contributed by atoms with Gasteiger partial charge in [0.2, 0.25) is 0 Å². The molecule has 0 spiro atoms. The summed E-state index contributed by atoms with van der Waals surface area (Å²) in [7, 11) is 0. The summed E-state index contributed by atoms with van der Waals surface area (Å²) in [5.41, 5.74) is 2.39.